The minimum absolute atomic E-state index is 0.296. The zero-order valence-electron chi connectivity index (χ0n) is 17.9. The monoisotopic (exact) mass is 486 g/mol. The summed E-state index contributed by atoms with van der Waals surface area (Å²) in [6.45, 7) is 6.89. The molecule has 1 fully saturated rings. The van der Waals surface area contributed by atoms with Crippen LogP contribution in [0.2, 0.25) is 0 Å². The van der Waals surface area contributed by atoms with Gasteiger partial charge in [-0.25, -0.2) is 9.59 Å². The molecule has 3 heterocycles. The molecule has 1 aliphatic heterocycles. The predicted octanol–water partition coefficient (Wildman–Crippen LogP) is -7.30. The molecule has 0 bridgehead atoms. The molecular weight excluding hydrogens is 460 g/mol. The number of hydrogen-bond acceptors (Lipinski definition) is 10. The summed E-state index contributed by atoms with van der Waals surface area (Å²) < 4.78 is 0. The number of aliphatic hydroxyl groups is 2. The molecule has 0 aliphatic carbocycles. The Morgan fingerprint density at radius 2 is 1.09 bits per heavy atom. The molecule has 16 nitrogen and oxygen atoms in total. The van der Waals surface area contributed by atoms with Gasteiger partial charge in [-0.3, -0.25) is 10.2 Å². The van der Waals surface area contributed by atoms with Crippen molar-refractivity contribution >= 4 is 23.9 Å². The van der Waals surface area contributed by atoms with E-state index in [4.69, 9.17) is 20.4 Å². The van der Waals surface area contributed by atoms with Crippen molar-refractivity contribution in [2.24, 2.45) is 0 Å². The highest BCUT2D eigenvalue weighted by molar-refractivity contribution is 5.90. The van der Waals surface area contributed by atoms with Gasteiger partial charge in [0.25, 0.3) is 0 Å². The molecule has 0 amide bonds. The standard InChI is InChI=1S/C8H18N2O2.2C5H4N2O4/c11-7-5-9-1-2-10(4-3-9)6-8-12;2*8-4(9)2-1-3(5(10)11)7-6-2/h11-12H,1-8H2;2*1H,(H,6,7)(H,8,9)(H,10,11). The Balaban J connectivity index is 0.000000255. The number of hydrogen-bond donors (Lipinski definition) is 8. The zero-order valence-corrected chi connectivity index (χ0v) is 17.9. The third kappa shape index (κ3) is 9.74. The third-order valence-electron chi connectivity index (χ3n) is 4.63. The number of nitrogens with one attached hydrogen (secondary N) is 4. The first-order valence-electron chi connectivity index (χ1n) is 9.97. The van der Waals surface area contributed by atoms with Gasteiger partial charge in [-0.2, -0.15) is 10.2 Å². The van der Waals surface area contributed by atoms with Crippen LogP contribution < -0.4 is 20.0 Å². The number of H-pyrrole nitrogens is 2. The molecule has 8 N–H and O–H groups in total. The van der Waals surface area contributed by atoms with Crippen LogP contribution in [0.15, 0.2) is 12.1 Å². The van der Waals surface area contributed by atoms with E-state index in [2.05, 4.69) is 10.2 Å². The average molecular weight is 486 g/mol. The second kappa shape index (κ2) is 14.3. The lowest BCUT2D eigenvalue weighted by Crippen LogP contribution is -3.28. The molecule has 0 unspecified atom stereocenters. The molecule has 34 heavy (non-hydrogen) atoms. The SMILES string of the molecule is O=C(O)c1cc(C(=O)[O-])[nH]n1.O=C(O)c1cc(C(=O)[O-])[nH]n1.OCC[NH+]1CC[NH+](CCO)CC1. The molecule has 0 radical (unpaired) electrons. The second-order valence-electron chi connectivity index (χ2n) is 6.97. The van der Waals surface area contributed by atoms with Crippen molar-refractivity contribution in [1.29, 1.82) is 0 Å². The topological polar surface area (TPSA) is 262 Å². The van der Waals surface area contributed by atoms with Crippen LogP contribution in [0.25, 0.3) is 0 Å². The maximum absolute atomic E-state index is 10.1. The molecule has 16 heteroatoms. The van der Waals surface area contributed by atoms with E-state index in [0.717, 1.165) is 51.4 Å². The van der Waals surface area contributed by atoms with Gasteiger partial charge in [0.15, 0.2) is 11.4 Å². The van der Waals surface area contributed by atoms with E-state index in [1.54, 1.807) is 0 Å². The molecule has 0 spiro atoms. The van der Waals surface area contributed by atoms with Crippen LogP contribution in [0.1, 0.15) is 42.0 Å². The van der Waals surface area contributed by atoms with Gasteiger partial charge in [0.1, 0.15) is 39.3 Å². The van der Waals surface area contributed by atoms with Gasteiger partial charge in [0, 0.05) is 0 Å². The first kappa shape index (κ1) is 28.2. The van der Waals surface area contributed by atoms with Crippen LogP contribution in [0.5, 0.6) is 0 Å². The van der Waals surface area contributed by atoms with Crippen LogP contribution in [0.3, 0.4) is 0 Å². The quantitative estimate of drug-likeness (QED) is 0.173. The molecule has 2 aromatic rings. The van der Waals surface area contributed by atoms with E-state index in [-0.39, 0.29) is 22.8 Å². The Morgan fingerprint density at radius 1 is 0.765 bits per heavy atom. The third-order valence-corrected chi connectivity index (χ3v) is 4.63. The van der Waals surface area contributed by atoms with Crippen molar-refractivity contribution in [3.63, 3.8) is 0 Å². The number of aromatic carboxylic acids is 4. The van der Waals surface area contributed by atoms with Crippen molar-refractivity contribution in [2.75, 3.05) is 52.5 Å². The van der Waals surface area contributed by atoms with Gasteiger partial charge < -0.3 is 50.0 Å². The zero-order chi connectivity index (χ0) is 25.7. The lowest BCUT2D eigenvalue weighted by atomic mass is 10.3. The fourth-order valence-corrected chi connectivity index (χ4v) is 2.85. The first-order chi connectivity index (χ1) is 16.1. The minimum atomic E-state index is -1.48. The molecule has 0 aromatic carbocycles. The normalized spacial score (nSPS) is 16.9. The number of aromatic nitrogens is 4. The molecule has 1 aliphatic rings. The lowest BCUT2D eigenvalue weighted by Gasteiger charge is -2.28. The minimum Gasteiger partial charge on any atom is -0.543 e. The van der Waals surface area contributed by atoms with Crippen molar-refractivity contribution in [1.82, 2.24) is 20.4 Å². The number of aromatic amines is 2. The fourth-order valence-electron chi connectivity index (χ4n) is 2.85. The highest BCUT2D eigenvalue weighted by Crippen LogP contribution is 1.97. The van der Waals surface area contributed by atoms with Crippen molar-refractivity contribution in [3.05, 3.63) is 34.9 Å². The van der Waals surface area contributed by atoms with E-state index >= 15 is 0 Å². The predicted molar refractivity (Wildman–Crippen MR) is 105 cm³/mol. The van der Waals surface area contributed by atoms with E-state index in [9.17, 15) is 29.4 Å². The number of aliphatic hydroxyl groups excluding tert-OH is 2. The molecular formula is C18H26N6O10. The molecule has 1 saturated heterocycles. The fraction of sp³-hybridized carbons (Fsp3) is 0.444. The highest BCUT2D eigenvalue weighted by Gasteiger charge is 2.21. The van der Waals surface area contributed by atoms with Gasteiger partial charge >= 0.3 is 11.9 Å². The smallest absolute Gasteiger partial charge is 0.356 e. The largest absolute Gasteiger partial charge is 0.543 e. The number of carbonyl (C=O) groups is 4. The number of rotatable bonds is 8. The highest BCUT2D eigenvalue weighted by atomic mass is 16.4. The summed E-state index contributed by atoms with van der Waals surface area (Å²) in [5, 5.41) is 64.5. The maximum Gasteiger partial charge on any atom is 0.356 e. The summed E-state index contributed by atoms with van der Waals surface area (Å²) in [6.07, 6.45) is 0. The molecule has 2 aromatic heterocycles. The van der Waals surface area contributed by atoms with E-state index in [1.807, 2.05) is 10.2 Å². The van der Waals surface area contributed by atoms with Crippen LogP contribution in [0.4, 0.5) is 0 Å². The molecule has 0 saturated carbocycles. The lowest BCUT2D eigenvalue weighted by molar-refractivity contribution is -1.01. The van der Waals surface area contributed by atoms with Crippen LogP contribution in [-0.4, -0.2) is 117 Å². The number of carboxylic acids is 4. The Labute approximate surface area is 192 Å². The average Bonchev–Trinajstić information content (AvgIpc) is 3.47. The molecule has 3 rings (SSSR count). The molecule has 188 valence electrons. The van der Waals surface area contributed by atoms with Crippen molar-refractivity contribution < 1.29 is 59.6 Å². The Bertz CT molecular complexity index is 817. The van der Waals surface area contributed by atoms with E-state index < -0.39 is 23.9 Å². The van der Waals surface area contributed by atoms with Crippen LogP contribution in [0, 0.1) is 0 Å². The first-order valence-corrected chi connectivity index (χ1v) is 9.97. The Hall–Kier alpha value is -3.86. The number of carboxylic acid groups (broad SMARTS) is 4. The van der Waals surface area contributed by atoms with Crippen molar-refractivity contribution in [3.8, 4) is 0 Å². The van der Waals surface area contributed by atoms with E-state index in [1.165, 1.54) is 9.80 Å². The van der Waals surface area contributed by atoms with E-state index in [0.29, 0.717) is 13.2 Å². The molecule has 0 atom stereocenters. The summed E-state index contributed by atoms with van der Waals surface area (Å²) in [4.78, 5) is 43.4. The Kier molecular flexibility index (Phi) is 11.9. The summed E-state index contributed by atoms with van der Waals surface area (Å²) >= 11 is 0. The van der Waals surface area contributed by atoms with Crippen molar-refractivity contribution in [2.45, 2.75) is 0 Å². The number of quaternary nitrogens is 2. The maximum atomic E-state index is 10.1. The van der Waals surface area contributed by atoms with Gasteiger partial charge in [-0.15, -0.1) is 0 Å². The second-order valence-corrected chi connectivity index (χ2v) is 6.97. The van der Waals surface area contributed by atoms with Crippen LogP contribution >= 0.6 is 0 Å². The van der Waals surface area contributed by atoms with Gasteiger partial charge in [-0.05, 0) is 12.1 Å². The number of piperazine rings is 1. The van der Waals surface area contributed by atoms with Crippen LogP contribution in [-0.2, 0) is 0 Å². The summed E-state index contributed by atoms with van der Waals surface area (Å²) in [5.74, 6) is -5.53. The van der Waals surface area contributed by atoms with Gasteiger partial charge in [0.2, 0.25) is 0 Å². The summed E-state index contributed by atoms with van der Waals surface area (Å²) in [5.41, 5.74) is -1.38. The van der Waals surface area contributed by atoms with Gasteiger partial charge in [-0.1, -0.05) is 0 Å². The summed E-state index contributed by atoms with van der Waals surface area (Å²) in [7, 11) is 0. The Morgan fingerprint density at radius 3 is 1.26 bits per heavy atom. The number of carbonyl (C=O) groups excluding carboxylic acids is 2. The summed E-state index contributed by atoms with van der Waals surface area (Å²) in [6, 6.07) is 1.77. The number of nitrogens with zero attached hydrogens (tertiary/aromatic N) is 2. The van der Waals surface area contributed by atoms with Gasteiger partial charge in [0.05, 0.1) is 36.5 Å².